The molecule has 1 aliphatic heterocycles. The number of aliphatic hydroxyl groups excluding tert-OH is 1. The molecule has 0 aromatic rings. The third-order valence-electron chi connectivity index (χ3n) is 6.35. The number of hydrogen-bond donors (Lipinski definition) is 2. The van der Waals surface area contributed by atoms with Crippen LogP contribution in [0.2, 0.25) is 0 Å². The van der Waals surface area contributed by atoms with Gasteiger partial charge in [0.2, 0.25) is 0 Å². The number of rotatable bonds is 2. The van der Waals surface area contributed by atoms with E-state index in [0.29, 0.717) is 17.9 Å². The van der Waals surface area contributed by atoms with E-state index in [-0.39, 0.29) is 5.41 Å². The van der Waals surface area contributed by atoms with Gasteiger partial charge in [-0.2, -0.15) is 0 Å². The Labute approximate surface area is 121 Å². The molecule has 0 radical (unpaired) electrons. The highest BCUT2D eigenvalue weighted by Gasteiger charge is 2.62. The second-order valence-corrected chi connectivity index (χ2v) is 7.90. The Morgan fingerprint density at radius 1 is 1.15 bits per heavy atom. The molecule has 2 heteroatoms. The van der Waals surface area contributed by atoms with E-state index in [1.807, 2.05) is 12.3 Å². The quantitative estimate of drug-likeness (QED) is 0.807. The minimum absolute atomic E-state index is 0.129. The number of hydrogen-bond acceptors (Lipinski definition) is 2. The summed E-state index contributed by atoms with van der Waals surface area (Å²) in [5.74, 6) is 2.20. The van der Waals surface area contributed by atoms with Crippen LogP contribution in [0.5, 0.6) is 0 Å². The maximum absolute atomic E-state index is 10.2. The van der Waals surface area contributed by atoms with Gasteiger partial charge in [0.25, 0.3) is 0 Å². The normalized spacial score (nSPS) is 48.9. The summed E-state index contributed by atoms with van der Waals surface area (Å²) < 4.78 is 0. The van der Waals surface area contributed by atoms with Crippen LogP contribution in [0.25, 0.3) is 0 Å². The summed E-state index contributed by atoms with van der Waals surface area (Å²) in [4.78, 5) is 0. The van der Waals surface area contributed by atoms with Crippen molar-refractivity contribution in [1.29, 1.82) is 0 Å². The lowest BCUT2D eigenvalue weighted by Crippen LogP contribution is -2.60. The molecule has 20 heavy (non-hydrogen) atoms. The Hall–Kier alpha value is -1.02. The molecule has 0 aromatic heterocycles. The monoisotopic (exact) mass is 271 g/mol. The van der Waals surface area contributed by atoms with Gasteiger partial charge < -0.3 is 10.4 Å². The molecule has 5 rings (SSSR count). The SMILES string of the molecule is CC12CC3CC(C1)CC(CO)(C3)C2C1=CC=CC=CN1. The summed E-state index contributed by atoms with van der Waals surface area (Å²) in [6.45, 7) is 2.83. The van der Waals surface area contributed by atoms with Crippen molar-refractivity contribution in [2.24, 2.45) is 28.6 Å². The smallest absolute Gasteiger partial charge is 0.0494 e. The second kappa shape index (κ2) is 4.24. The van der Waals surface area contributed by atoms with Crippen molar-refractivity contribution in [2.45, 2.75) is 39.0 Å². The molecule has 3 unspecified atom stereocenters. The molecule has 3 atom stereocenters. The lowest BCUT2D eigenvalue weighted by molar-refractivity contribution is -0.163. The predicted octanol–water partition coefficient (Wildman–Crippen LogP) is 3.37. The van der Waals surface area contributed by atoms with Gasteiger partial charge in [0.1, 0.15) is 0 Å². The summed E-state index contributed by atoms with van der Waals surface area (Å²) in [6.07, 6.45) is 17.1. The van der Waals surface area contributed by atoms with E-state index in [9.17, 15) is 5.11 Å². The molecule has 4 saturated carbocycles. The summed E-state index contributed by atoms with van der Waals surface area (Å²) in [5, 5.41) is 13.7. The fraction of sp³-hybridized carbons (Fsp3) is 0.667. The van der Waals surface area contributed by atoms with Crippen LogP contribution in [0.1, 0.15) is 39.0 Å². The van der Waals surface area contributed by atoms with E-state index in [0.717, 1.165) is 11.8 Å². The van der Waals surface area contributed by atoms with Crippen LogP contribution in [-0.2, 0) is 0 Å². The van der Waals surface area contributed by atoms with E-state index >= 15 is 0 Å². The minimum Gasteiger partial charge on any atom is -0.396 e. The first-order valence-electron chi connectivity index (χ1n) is 8.06. The third-order valence-corrected chi connectivity index (χ3v) is 6.35. The van der Waals surface area contributed by atoms with Crippen molar-refractivity contribution < 1.29 is 5.11 Å². The Balaban J connectivity index is 1.78. The zero-order valence-electron chi connectivity index (χ0n) is 12.3. The lowest BCUT2D eigenvalue weighted by Gasteiger charge is -2.66. The third kappa shape index (κ3) is 1.67. The molecular weight excluding hydrogens is 246 g/mol. The highest BCUT2D eigenvalue weighted by atomic mass is 16.3. The van der Waals surface area contributed by atoms with Crippen LogP contribution in [-0.4, -0.2) is 11.7 Å². The minimum atomic E-state index is 0.129. The fourth-order valence-corrected chi connectivity index (χ4v) is 6.37. The molecule has 0 aromatic carbocycles. The molecule has 0 amide bonds. The molecule has 4 fully saturated rings. The molecule has 2 nitrogen and oxygen atoms in total. The highest BCUT2D eigenvalue weighted by molar-refractivity contribution is 5.29. The van der Waals surface area contributed by atoms with Gasteiger partial charge in [0.05, 0.1) is 0 Å². The molecule has 1 heterocycles. The molecule has 5 aliphatic rings. The first-order chi connectivity index (χ1) is 9.65. The summed E-state index contributed by atoms with van der Waals surface area (Å²) in [6, 6.07) is 0. The predicted molar refractivity (Wildman–Crippen MR) is 80.7 cm³/mol. The highest BCUT2D eigenvalue weighted by Crippen LogP contribution is 2.69. The van der Waals surface area contributed by atoms with Crippen LogP contribution in [0.15, 0.2) is 36.2 Å². The van der Waals surface area contributed by atoms with Crippen molar-refractivity contribution in [1.82, 2.24) is 5.32 Å². The van der Waals surface area contributed by atoms with Crippen molar-refractivity contribution in [3.05, 3.63) is 36.2 Å². The van der Waals surface area contributed by atoms with Crippen molar-refractivity contribution in [3.63, 3.8) is 0 Å². The molecule has 0 saturated heterocycles. The number of aliphatic hydroxyl groups is 1. The fourth-order valence-electron chi connectivity index (χ4n) is 6.37. The summed E-state index contributed by atoms with van der Waals surface area (Å²) >= 11 is 0. The van der Waals surface area contributed by atoms with E-state index < -0.39 is 0 Å². The largest absolute Gasteiger partial charge is 0.396 e. The van der Waals surface area contributed by atoms with Gasteiger partial charge >= 0.3 is 0 Å². The zero-order valence-corrected chi connectivity index (χ0v) is 12.3. The Morgan fingerprint density at radius 2 is 1.90 bits per heavy atom. The molecule has 4 aliphatic carbocycles. The molecule has 2 N–H and O–H groups in total. The van der Waals surface area contributed by atoms with Gasteiger partial charge in [-0.05, 0) is 61.5 Å². The lowest BCUT2D eigenvalue weighted by atomic mass is 9.39. The first-order valence-corrected chi connectivity index (χ1v) is 8.06. The van der Waals surface area contributed by atoms with Crippen LogP contribution < -0.4 is 5.32 Å². The second-order valence-electron chi connectivity index (χ2n) is 7.90. The Bertz CT molecular complexity index is 488. The topological polar surface area (TPSA) is 32.3 Å². The molecule has 0 spiro atoms. The van der Waals surface area contributed by atoms with Crippen LogP contribution in [0.4, 0.5) is 0 Å². The van der Waals surface area contributed by atoms with Gasteiger partial charge in [0, 0.05) is 29.8 Å². The average molecular weight is 271 g/mol. The van der Waals surface area contributed by atoms with Crippen LogP contribution in [0.3, 0.4) is 0 Å². The van der Waals surface area contributed by atoms with E-state index in [1.54, 1.807) is 0 Å². The number of allylic oxidation sites excluding steroid dienone is 5. The summed E-state index contributed by atoms with van der Waals surface area (Å²) in [5.41, 5.74) is 1.83. The van der Waals surface area contributed by atoms with Gasteiger partial charge in [-0.1, -0.05) is 19.1 Å². The molecule has 4 bridgehead atoms. The Morgan fingerprint density at radius 3 is 2.60 bits per heavy atom. The van der Waals surface area contributed by atoms with Crippen LogP contribution in [0, 0.1) is 28.6 Å². The Kier molecular flexibility index (Phi) is 2.69. The summed E-state index contributed by atoms with van der Waals surface area (Å²) in [7, 11) is 0. The molecular formula is C18H25NO. The maximum atomic E-state index is 10.2. The first kappa shape index (κ1) is 12.7. The standard InChI is InChI=1S/C18H25NO/c1-17-8-13-7-14(9-17)11-18(10-13,12-20)16(17)15-5-3-2-4-6-19-15/h2-6,13-14,16,19-20H,7-12H2,1H3. The van der Waals surface area contributed by atoms with Crippen molar-refractivity contribution in [2.75, 3.05) is 6.61 Å². The maximum Gasteiger partial charge on any atom is 0.0494 e. The van der Waals surface area contributed by atoms with Gasteiger partial charge in [0.15, 0.2) is 0 Å². The van der Waals surface area contributed by atoms with Gasteiger partial charge in [-0.15, -0.1) is 0 Å². The van der Waals surface area contributed by atoms with E-state index in [4.69, 9.17) is 0 Å². The number of nitrogens with one attached hydrogen (secondary N) is 1. The van der Waals surface area contributed by atoms with Gasteiger partial charge in [-0.3, -0.25) is 0 Å². The average Bonchev–Trinajstić information content (AvgIpc) is 2.65. The van der Waals surface area contributed by atoms with Crippen molar-refractivity contribution in [3.8, 4) is 0 Å². The van der Waals surface area contributed by atoms with Crippen molar-refractivity contribution >= 4 is 0 Å². The zero-order chi connectivity index (χ0) is 13.8. The van der Waals surface area contributed by atoms with E-state index in [2.05, 4.69) is 30.5 Å². The molecule has 108 valence electrons. The van der Waals surface area contributed by atoms with Gasteiger partial charge in [-0.25, -0.2) is 0 Å². The van der Waals surface area contributed by atoms with Crippen LogP contribution >= 0.6 is 0 Å². The van der Waals surface area contributed by atoms with E-state index in [1.165, 1.54) is 37.8 Å².